The number of para-hydroxylation sites is 1. The van der Waals surface area contributed by atoms with Crippen LogP contribution in [0.4, 0.5) is 11.4 Å². The molecule has 0 atom stereocenters. The predicted molar refractivity (Wildman–Crippen MR) is 118 cm³/mol. The molecule has 3 aromatic carbocycles. The Bertz CT molecular complexity index is 1340. The third-order valence-corrected chi connectivity index (χ3v) is 5.31. The molecule has 0 saturated carbocycles. The Balaban J connectivity index is 2.20. The summed E-state index contributed by atoms with van der Waals surface area (Å²) in [4.78, 5) is 12.4. The number of imidazole rings is 1. The first-order valence-corrected chi connectivity index (χ1v) is 9.41. The maximum Gasteiger partial charge on any atom is 0.212 e. The van der Waals surface area contributed by atoms with E-state index in [1.54, 1.807) is 0 Å². The molecule has 4 nitrogen and oxygen atoms in total. The van der Waals surface area contributed by atoms with Crippen LogP contribution in [0, 0.1) is 40.8 Å². The molecule has 0 fully saturated rings. The van der Waals surface area contributed by atoms with Gasteiger partial charge in [-0.2, -0.15) is 0 Å². The largest absolute Gasteiger partial charge is 0.303 e. The molecular formula is C25H20N4. The number of nitrogens with zero attached hydrogens (tertiary/aromatic N) is 4. The second-order valence-corrected chi connectivity index (χ2v) is 7.34. The standard InChI is InChI=1S/C25H20N4/c1-15-10-12-19(13-11-15)25-28-21-9-7-8-20(26-5)24(21)29(25)23-17(3)14-16(2)22(27-6)18(23)4/h7-14H,1-4H3. The summed E-state index contributed by atoms with van der Waals surface area (Å²) in [5.41, 5.74) is 8.77. The Kier molecular flexibility index (Phi) is 4.41. The average molecular weight is 376 g/mol. The van der Waals surface area contributed by atoms with Gasteiger partial charge in [0.2, 0.25) is 5.69 Å². The van der Waals surface area contributed by atoms with Crippen LogP contribution in [0.25, 0.3) is 37.8 Å². The highest BCUT2D eigenvalue weighted by Gasteiger charge is 2.21. The number of hydrogen-bond donors (Lipinski definition) is 0. The van der Waals surface area contributed by atoms with Gasteiger partial charge >= 0.3 is 0 Å². The van der Waals surface area contributed by atoms with E-state index in [1.807, 2.05) is 45.0 Å². The molecule has 1 heterocycles. The van der Waals surface area contributed by atoms with E-state index in [2.05, 4.69) is 45.4 Å². The first-order valence-electron chi connectivity index (χ1n) is 9.41. The van der Waals surface area contributed by atoms with Crippen molar-refractivity contribution in [3.63, 3.8) is 0 Å². The normalized spacial score (nSPS) is 10.7. The van der Waals surface area contributed by atoms with Crippen LogP contribution in [0.3, 0.4) is 0 Å². The quantitative estimate of drug-likeness (QED) is 0.345. The Morgan fingerprint density at radius 2 is 1.59 bits per heavy atom. The maximum atomic E-state index is 7.68. The molecule has 0 unspecified atom stereocenters. The number of rotatable bonds is 2. The van der Waals surface area contributed by atoms with Gasteiger partial charge in [-0.05, 0) is 50.5 Å². The molecule has 0 bridgehead atoms. The van der Waals surface area contributed by atoms with Crippen molar-refractivity contribution >= 4 is 22.4 Å². The zero-order chi connectivity index (χ0) is 20.7. The van der Waals surface area contributed by atoms with E-state index in [9.17, 15) is 0 Å². The zero-order valence-corrected chi connectivity index (χ0v) is 16.9. The lowest BCUT2D eigenvalue weighted by atomic mass is 10.0. The Labute approximate surface area is 170 Å². The molecule has 0 spiro atoms. The highest BCUT2D eigenvalue weighted by atomic mass is 15.1. The van der Waals surface area contributed by atoms with Gasteiger partial charge in [0.05, 0.1) is 24.2 Å². The lowest BCUT2D eigenvalue weighted by molar-refractivity contribution is 1.06. The minimum Gasteiger partial charge on any atom is -0.303 e. The van der Waals surface area contributed by atoms with Crippen LogP contribution in [0.5, 0.6) is 0 Å². The monoisotopic (exact) mass is 376 g/mol. The minimum atomic E-state index is 0.553. The third-order valence-electron chi connectivity index (χ3n) is 5.31. The Morgan fingerprint density at radius 1 is 0.862 bits per heavy atom. The number of hydrogen-bond acceptors (Lipinski definition) is 1. The van der Waals surface area contributed by atoms with E-state index >= 15 is 0 Å². The number of aromatic nitrogens is 2. The van der Waals surface area contributed by atoms with E-state index in [-0.39, 0.29) is 0 Å². The van der Waals surface area contributed by atoms with Crippen molar-refractivity contribution in [2.45, 2.75) is 27.7 Å². The molecule has 0 N–H and O–H groups in total. The van der Waals surface area contributed by atoms with Gasteiger partial charge in [0, 0.05) is 11.3 Å². The van der Waals surface area contributed by atoms with Crippen LogP contribution in [0.15, 0.2) is 48.5 Å². The summed E-state index contributed by atoms with van der Waals surface area (Å²) in [5.74, 6) is 0.780. The van der Waals surface area contributed by atoms with Gasteiger partial charge in [-0.3, -0.25) is 0 Å². The molecule has 0 aliphatic rings. The molecule has 1 aromatic heterocycles. The van der Waals surface area contributed by atoms with Crippen molar-refractivity contribution in [3.05, 3.63) is 93.6 Å². The lowest BCUT2D eigenvalue weighted by Gasteiger charge is -2.18. The van der Waals surface area contributed by atoms with E-state index in [0.717, 1.165) is 44.8 Å². The fraction of sp³-hybridized carbons (Fsp3) is 0.160. The van der Waals surface area contributed by atoms with Gasteiger partial charge in [-0.1, -0.05) is 48.0 Å². The molecule has 29 heavy (non-hydrogen) atoms. The van der Waals surface area contributed by atoms with E-state index in [0.29, 0.717) is 11.4 Å². The van der Waals surface area contributed by atoms with Gasteiger partial charge in [-0.25, -0.2) is 14.7 Å². The van der Waals surface area contributed by atoms with Gasteiger partial charge in [-0.15, -0.1) is 0 Å². The van der Waals surface area contributed by atoms with Crippen LogP contribution < -0.4 is 0 Å². The zero-order valence-electron chi connectivity index (χ0n) is 16.9. The van der Waals surface area contributed by atoms with Crippen LogP contribution in [-0.4, -0.2) is 9.55 Å². The Hall–Kier alpha value is -3.89. The fourth-order valence-electron chi connectivity index (χ4n) is 3.99. The van der Waals surface area contributed by atoms with Gasteiger partial charge < -0.3 is 4.57 Å². The number of fused-ring (bicyclic) bond motifs is 1. The van der Waals surface area contributed by atoms with Gasteiger partial charge in [0.1, 0.15) is 5.82 Å². The summed E-state index contributed by atoms with van der Waals surface area (Å²) >= 11 is 0. The first kappa shape index (κ1) is 18.5. The van der Waals surface area contributed by atoms with E-state index in [4.69, 9.17) is 18.1 Å². The molecule has 4 aromatic rings. The number of aryl methyl sites for hydroxylation is 3. The topological polar surface area (TPSA) is 26.5 Å². The smallest absolute Gasteiger partial charge is 0.212 e. The average Bonchev–Trinajstić information content (AvgIpc) is 3.08. The summed E-state index contributed by atoms with van der Waals surface area (Å²) < 4.78 is 2.06. The molecule has 4 heteroatoms. The van der Waals surface area contributed by atoms with Crippen LogP contribution in [-0.2, 0) is 0 Å². The summed E-state index contributed by atoms with van der Waals surface area (Å²) in [6.07, 6.45) is 0. The van der Waals surface area contributed by atoms with Crippen molar-refractivity contribution < 1.29 is 0 Å². The van der Waals surface area contributed by atoms with Gasteiger partial charge in [0.15, 0.2) is 5.69 Å². The fourth-order valence-corrected chi connectivity index (χ4v) is 3.99. The molecule has 0 amide bonds. The summed E-state index contributed by atoms with van der Waals surface area (Å²) in [6.45, 7) is 23.4. The minimum absolute atomic E-state index is 0.553. The van der Waals surface area contributed by atoms with Gasteiger partial charge in [0.25, 0.3) is 0 Å². The van der Waals surface area contributed by atoms with Crippen molar-refractivity contribution in [1.29, 1.82) is 0 Å². The van der Waals surface area contributed by atoms with Crippen LogP contribution in [0.2, 0.25) is 0 Å². The molecule has 0 aliphatic heterocycles. The van der Waals surface area contributed by atoms with Crippen molar-refractivity contribution in [1.82, 2.24) is 9.55 Å². The summed E-state index contributed by atoms with van der Waals surface area (Å²) in [7, 11) is 0. The van der Waals surface area contributed by atoms with E-state index in [1.165, 1.54) is 5.56 Å². The second kappa shape index (κ2) is 6.93. The molecule has 4 rings (SSSR count). The SMILES string of the molecule is [C-]#[N+]c1c(C)cc(C)c(-n2c(-c3ccc(C)cc3)nc3cccc([N+]#[C-])c32)c1C. The van der Waals surface area contributed by atoms with Crippen LogP contribution in [0.1, 0.15) is 22.3 Å². The van der Waals surface area contributed by atoms with Crippen LogP contribution >= 0.6 is 0 Å². The summed E-state index contributed by atoms with van der Waals surface area (Å²) in [5, 5.41) is 0. The lowest BCUT2D eigenvalue weighted by Crippen LogP contribution is -2.04. The predicted octanol–water partition coefficient (Wildman–Crippen LogP) is 7.03. The molecule has 0 radical (unpaired) electrons. The number of benzene rings is 3. The summed E-state index contributed by atoms with van der Waals surface area (Å²) in [6, 6.07) is 15.9. The first-order chi connectivity index (χ1) is 14.0. The second-order valence-electron chi connectivity index (χ2n) is 7.34. The highest BCUT2D eigenvalue weighted by Crippen LogP contribution is 2.39. The van der Waals surface area contributed by atoms with Crippen molar-refractivity contribution in [2.75, 3.05) is 0 Å². The highest BCUT2D eigenvalue weighted by molar-refractivity contribution is 5.94. The third kappa shape index (κ3) is 2.87. The molecule has 0 saturated heterocycles. The van der Waals surface area contributed by atoms with E-state index < -0.39 is 0 Å². The van der Waals surface area contributed by atoms with Crippen molar-refractivity contribution in [3.8, 4) is 17.1 Å². The Morgan fingerprint density at radius 3 is 2.24 bits per heavy atom. The maximum absolute atomic E-state index is 7.68. The molecule has 140 valence electrons. The molecule has 0 aliphatic carbocycles. The van der Waals surface area contributed by atoms with Crippen molar-refractivity contribution in [2.24, 2.45) is 0 Å². The molecular weight excluding hydrogens is 356 g/mol.